The second-order valence-electron chi connectivity index (χ2n) is 7.73. The standard InChI is InChI=1S/C22H42N2O2/c1-4-5-6-7-8-9-10-11-12-13-14-15-16-17-18-24-20-19-23(3)22(24)26-21(2)25/h19-20,22H,4-18H2,1-3H3. The van der Waals surface area contributed by atoms with Crippen LogP contribution in [0.25, 0.3) is 0 Å². The molecule has 0 aromatic carbocycles. The van der Waals surface area contributed by atoms with Crippen molar-refractivity contribution in [2.24, 2.45) is 0 Å². The molecule has 0 bridgehead atoms. The van der Waals surface area contributed by atoms with Crippen molar-refractivity contribution in [1.82, 2.24) is 9.80 Å². The number of carbonyl (C=O) groups excluding carboxylic acids is 1. The molecule has 0 saturated carbocycles. The van der Waals surface area contributed by atoms with Crippen LogP contribution in [0.15, 0.2) is 12.4 Å². The minimum Gasteiger partial charge on any atom is -0.423 e. The summed E-state index contributed by atoms with van der Waals surface area (Å²) in [5.74, 6) is -0.225. The molecule has 0 aliphatic carbocycles. The van der Waals surface area contributed by atoms with Crippen molar-refractivity contribution in [2.75, 3.05) is 13.6 Å². The highest BCUT2D eigenvalue weighted by Crippen LogP contribution is 2.17. The zero-order valence-corrected chi connectivity index (χ0v) is 17.5. The summed E-state index contributed by atoms with van der Waals surface area (Å²) in [5.41, 5.74) is 0. The molecule has 26 heavy (non-hydrogen) atoms. The Labute approximate surface area is 162 Å². The van der Waals surface area contributed by atoms with Gasteiger partial charge in [0.1, 0.15) is 0 Å². The second kappa shape index (κ2) is 14.9. The summed E-state index contributed by atoms with van der Waals surface area (Å²) in [4.78, 5) is 15.2. The maximum absolute atomic E-state index is 11.2. The smallest absolute Gasteiger partial charge is 0.305 e. The van der Waals surface area contributed by atoms with E-state index in [0.717, 1.165) is 13.0 Å². The summed E-state index contributed by atoms with van der Waals surface area (Å²) in [6.45, 7) is 4.70. The molecule has 0 radical (unpaired) electrons. The van der Waals surface area contributed by atoms with Crippen LogP contribution in [0.2, 0.25) is 0 Å². The highest BCUT2D eigenvalue weighted by molar-refractivity contribution is 5.66. The van der Waals surface area contributed by atoms with E-state index >= 15 is 0 Å². The zero-order valence-electron chi connectivity index (χ0n) is 17.5. The predicted octanol–water partition coefficient (Wildman–Crippen LogP) is 6.03. The van der Waals surface area contributed by atoms with Crippen molar-refractivity contribution in [2.45, 2.75) is 110 Å². The molecule has 1 rings (SSSR count). The third-order valence-corrected chi connectivity index (χ3v) is 5.17. The van der Waals surface area contributed by atoms with Crippen molar-refractivity contribution in [1.29, 1.82) is 0 Å². The number of carbonyl (C=O) groups is 1. The van der Waals surface area contributed by atoms with Crippen LogP contribution < -0.4 is 0 Å². The van der Waals surface area contributed by atoms with Gasteiger partial charge in [-0.15, -0.1) is 0 Å². The van der Waals surface area contributed by atoms with E-state index in [0.29, 0.717) is 0 Å². The maximum Gasteiger partial charge on any atom is 0.305 e. The van der Waals surface area contributed by atoms with Crippen LogP contribution in [0.1, 0.15) is 104 Å². The van der Waals surface area contributed by atoms with Crippen LogP contribution in [0.3, 0.4) is 0 Å². The normalized spacial score (nSPS) is 16.5. The van der Waals surface area contributed by atoms with Gasteiger partial charge in [0.05, 0.1) is 0 Å². The molecule has 1 atom stereocenters. The predicted molar refractivity (Wildman–Crippen MR) is 109 cm³/mol. The minimum absolute atomic E-state index is 0.225. The van der Waals surface area contributed by atoms with Crippen molar-refractivity contribution in [3.63, 3.8) is 0 Å². The number of ether oxygens (including phenoxy) is 1. The van der Waals surface area contributed by atoms with E-state index in [2.05, 4.69) is 11.8 Å². The summed E-state index contributed by atoms with van der Waals surface area (Å²) >= 11 is 0. The molecule has 0 aromatic heterocycles. The molecule has 0 aromatic rings. The lowest BCUT2D eigenvalue weighted by Crippen LogP contribution is -2.40. The molecule has 4 nitrogen and oxygen atoms in total. The van der Waals surface area contributed by atoms with Crippen molar-refractivity contribution >= 4 is 5.97 Å². The number of hydrogen-bond donors (Lipinski definition) is 0. The summed E-state index contributed by atoms with van der Waals surface area (Å²) in [7, 11) is 1.94. The first-order chi connectivity index (χ1) is 12.6. The lowest BCUT2D eigenvalue weighted by atomic mass is 10.0. The van der Waals surface area contributed by atoms with Gasteiger partial charge in [-0.2, -0.15) is 0 Å². The lowest BCUT2D eigenvalue weighted by Gasteiger charge is -2.29. The molecule has 4 heteroatoms. The Hall–Kier alpha value is -1.19. The van der Waals surface area contributed by atoms with Gasteiger partial charge in [-0.25, -0.2) is 0 Å². The van der Waals surface area contributed by atoms with Crippen LogP contribution >= 0.6 is 0 Å². The number of nitrogens with zero attached hydrogens (tertiary/aromatic N) is 2. The fourth-order valence-electron chi connectivity index (χ4n) is 3.55. The maximum atomic E-state index is 11.2. The Bertz CT molecular complexity index is 384. The molecule has 1 aliphatic heterocycles. The molecule has 0 fully saturated rings. The number of unbranched alkanes of at least 4 members (excludes halogenated alkanes) is 13. The van der Waals surface area contributed by atoms with E-state index < -0.39 is 0 Å². The van der Waals surface area contributed by atoms with Gasteiger partial charge in [0, 0.05) is 32.9 Å². The molecule has 0 N–H and O–H groups in total. The van der Waals surface area contributed by atoms with E-state index in [-0.39, 0.29) is 12.3 Å². The molecule has 0 amide bonds. The molecular formula is C22H42N2O2. The van der Waals surface area contributed by atoms with Gasteiger partial charge >= 0.3 is 5.97 Å². The van der Waals surface area contributed by atoms with E-state index in [1.54, 1.807) is 0 Å². The van der Waals surface area contributed by atoms with E-state index in [9.17, 15) is 4.79 Å². The third-order valence-electron chi connectivity index (χ3n) is 5.17. The highest BCUT2D eigenvalue weighted by Gasteiger charge is 2.25. The fraction of sp³-hybridized carbons (Fsp3) is 0.864. The molecule has 0 spiro atoms. The number of hydrogen-bond acceptors (Lipinski definition) is 4. The topological polar surface area (TPSA) is 32.8 Å². The van der Waals surface area contributed by atoms with Crippen molar-refractivity contribution in [3.8, 4) is 0 Å². The minimum atomic E-state index is -0.255. The van der Waals surface area contributed by atoms with Crippen molar-refractivity contribution < 1.29 is 9.53 Å². The summed E-state index contributed by atoms with van der Waals surface area (Å²) in [6, 6.07) is 0. The Kier molecular flexibility index (Phi) is 13.1. The molecule has 1 aliphatic rings. The molecule has 152 valence electrons. The van der Waals surface area contributed by atoms with Gasteiger partial charge in [0.15, 0.2) is 0 Å². The quantitative estimate of drug-likeness (QED) is 0.246. The Balaban J connectivity index is 1.87. The van der Waals surface area contributed by atoms with E-state index in [1.807, 2.05) is 24.3 Å². The van der Waals surface area contributed by atoms with Crippen LogP contribution in [0, 0.1) is 0 Å². The Morgan fingerprint density at radius 2 is 1.27 bits per heavy atom. The van der Waals surface area contributed by atoms with Gasteiger partial charge in [0.2, 0.25) is 0 Å². The van der Waals surface area contributed by atoms with Crippen LogP contribution in [-0.2, 0) is 9.53 Å². The van der Waals surface area contributed by atoms with Gasteiger partial charge in [-0.1, -0.05) is 90.4 Å². The fourth-order valence-corrected chi connectivity index (χ4v) is 3.55. The third kappa shape index (κ3) is 10.7. The van der Waals surface area contributed by atoms with Crippen LogP contribution in [0.5, 0.6) is 0 Å². The first-order valence-electron chi connectivity index (χ1n) is 11.0. The summed E-state index contributed by atoms with van der Waals surface area (Å²) in [5, 5.41) is 0. The van der Waals surface area contributed by atoms with Gasteiger partial charge in [0.25, 0.3) is 6.35 Å². The Morgan fingerprint density at radius 1 is 0.808 bits per heavy atom. The Morgan fingerprint density at radius 3 is 1.73 bits per heavy atom. The molecule has 0 saturated heterocycles. The second-order valence-corrected chi connectivity index (χ2v) is 7.73. The average molecular weight is 367 g/mol. The average Bonchev–Trinajstić information content (AvgIpc) is 2.95. The highest BCUT2D eigenvalue weighted by atomic mass is 16.6. The van der Waals surface area contributed by atoms with Crippen LogP contribution in [-0.4, -0.2) is 35.7 Å². The number of rotatable bonds is 16. The van der Waals surface area contributed by atoms with Gasteiger partial charge in [-0.05, 0) is 6.42 Å². The zero-order chi connectivity index (χ0) is 19.0. The van der Waals surface area contributed by atoms with Crippen molar-refractivity contribution in [3.05, 3.63) is 12.4 Å². The lowest BCUT2D eigenvalue weighted by molar-refractivity contribution is -0.164. The number of esters is 1. The van der Waals surface area contributed by atoms with Gasteiger partial charge in [-0.3, -0.25) is 4.79 Å². The van der Waals surface area contributed by atoms with Crippen LogP contribution in [0.4, 0.5) is 0 Å². The largest absolute Gasteiger partial charge is 0.423 e. The first-order valence-corrected chi connectivity index (χ1v) is 11.0. The summed E-state index contributed by atoms with van der Waals surface area (Å²) in [6.07, 6.45) is 23.0. The molecule has 1 heterocycles. The SMILES string of the molecule is CCCCCCCCCCCCCCCCN1C=CN(C)C1OC(C)=O. The van der Waals surface area contributed by atoms with E-state index in [1.165, 1.54) is 90.4 Å². The first kappa shape index (κ1) is 22.9. The molecular weight excluding hydrogens is 324 g/mol. The monoisotopic (exact) mass is 366 g/mol. The van der Waals surface area contributed by atoms with E-state index in [4.69, 9.17) is 4.74 Å². The van der Waals surface area contributed by atoms with Gasteiger partial charge < -0.3 is 14.5 Å². The molecule has 1 unspecified atom stereocenters. The summed E-state index contributed by atoms with van der Waals surface area (Å²) < 4.78 is 5.36.